The van der Waals surface area contributed by atoms with E-state index in [4.69, 9.17) is 14.5 Å². The number of methoxy groups -OCH3 is 1. The van der Waals surface area contributed by atoms with Gasteiger partial charge in [-0.1, -0.05) is 13.8 Å². The maximum atomic E-state index is 9.76. The third kappa shape index (κ3) is 3.89. The largest absolute Gasteiger partial charge is 0.483 e. The molecule has 0 radical (unpaired) electrons. The maximum Gasteiger partial charge on any atom is 0.224 e. The average Bonchev–Trinajstić information content (AvgIpc) is 3.29. The summed E-state index contributed by atoms with van der Waals surface area (Å²) in [6, 6.07) is 2.18. The molecule has 0 saturated heterocycles. The van der Waals surface area contributed by atoms with Gasteiger partial charge in [-0.15, -0.1) is 0 Å². The maximum absolute atomic E-state index is 9.76. The Kier molecular flexibility index (Phi) is 5.92. The number of nitrogens with one attached hydrogen (secondary N) is 2. The molecule has 5 atom stereocenters. The van der Waals surface area contributed by atoms with Crippen LogP contribution in [0.4, 0.5) is 11.8 Å². The van der Waals surface area contributed by atoms with Gasteiger partial charge >= 0.3 is 0 Å². The van der Waals surface area contributed by atoms with Gasteiger partial charge in [-0.25, -0.2) is 9.97 Å². The summed E-state index contributed by atoms with van der Waals surface area (Å²) in [5.41, 5.74) is 3.76. The van der Waals surface area contributed by atoms with E-state index in [9.17, 15) is 5.11 Å². The number of aliphatic hydroxyl groups is 1. The van der Waals surface area contributed by atoms with Gasteiger partial charge in [0.2, 0.25) is 11.8 Å². The second kappa shape index (κ2) is 8.49. The zero-order valence-corrected chi connectivity index (χ0v) is 19.2. The van der Waals surface area contributed by atoms with Crippen molar-refractivity contribution in [2.24, 2.45) is 17.8 Å². The van der Waals surface area contributed by atoms with Gasteiger partial charge < -0.3 is 25.2 Å². The molecule has 1 saturated carbocycles. The zero-order valence-electron chi connectivity index (χ0n) is 19.2. The van der Waals surface area contributed by atoms with Crippen LogP contribution in [0.25, 0.3) is 0 Å². The molecular formula is C23H33N5O3. The number of hydrogen-bond acceptors (Lipinski definition) is 8. The fourth-order valence-corrected chi connectivity index (χ4v) is 5.00. The summed E-state index contributed by atoms with van der Waals surface area (Å²) in [5.74, 6) is 3.97. The minimum Gasteiger partial charge on any atom is -0.483 e. The van der Waals surface area contributed by atoms with Gasteiger partial charge in [-0.3, -0.25) is 0 Å². The number of rotatable bonds is 6. The molecule has 1 aliphatic heterocycles. The predicted octanol–water partition coefficient (Wildman–Crippen LogP) is 3.28. The molecule has 0 bridgehead atoms. The normalized spacial score (nSPS) is 27.0. The van der Waals surface area contributed by atoms with Gasteiger partial charge in [0.05, 0.1) is 24.1 Å². The Labute approximate surface area is 183 Å². The number of anilines is 2. The van der Waals surface area contributed by atoms with Crippen LogP contribution in [0.1, 0.15) is 48.9 Å². The highest BCUT2D eigenvalue weighted by Crippen LogP contribution is 2.44. The van der Waals surface area contributed by atoms with Crippen LogP contribution in [0.5, 0.6) is 11.6 Å². The van der Waals surface area contributed by atoms with Gasteiger partial charge in [-0.2, -0.15) is 4.98 Å². The molecule has 8 heteroatoms. The van der Waals surface area contributed by atoms with Crippen molar-refractivity contribution in [3.05, 3.63) is 28.6 Å². The van der Waals surface area contributed by atoms with E-state index in [1.807, 2.05) is 27.0 Å². The first-order valence-electron chi connectivity index (χ1n) is 11.0. The molecule has 0 spiro atoms. The summed E-state index contributed by atoms with van der Waals surface area (Å²) < 4.78 is 11.7. The molecule has 0 aromatic carbocycles. The van der Waals surface area contributed by atoms with E-state index in [1.54, 1.807) is 7.11 Å². The van der Waals surface area contributed by atoms with Crippen LogP contribution in [-0.2, 0) is 6.42 Å². The summed E-state index contributed by atoms with van der Waals surface area (Å²) in [4.78, 5) is 13.9. The molecule has 4 rings (SSSR count). The zero-order chi connectivity index (χ0) is 22.3. The van der Waals surface area contributed by atoms with Crippen molar-refractivity contribution in [3.8, 4) is 11.6 Å². The van der Waals surface area contributed by atoms with Gasteiger partial charge in [-0.05, 0) is 38.0 Å². The number of aliphatic hydroxyl groups excluding tert-OH is 1. The fourth-order valence-electron chi connectivity index (χ4n) is 5.00. The Morgan fingerprint density at radius 2 is 1.94 bits per heavy atom. The van der Waals surface area contributed by atoms with E-state index >= 15 is 0 Å². The molecule has 31 heavy (non-hydrogen) atoms. The molecule has 8 nitrogen and oxygen atoms in total. The molecule has 2 aromatic rings. The second-order valence-corrected chi connectivity index (χ2v) is 8.84. The standard InChI is InChI=1S/C23H33N5O3/c1-11-12(2)17(7-16(11)10-29)27-22-20(13(3)26-23(24-5)28-22)18-8-15-9-19(30-6)25-14(4)21(15)31-18/h9,11-12,16-18,29H,7-8,10H2,1-6H3,(H2,24,26,27,28)/t11-,12+,16+,17+,18?/m0/s1. The van der Waals surface area contributed by atoms with Crippen LogP contribution in [0.3, 0.4) is 0 Å². The minimum atomic E-state index is -0.196. The van der Waals surface area contributed by atoms with E-state index in [-0.39, 0.29) is 18.8 Å². The Bertz CT molecular complexity index is 967. The molecule has 2 aromatic heterocycles. The second-order valence-electron chi connectivity index (χ2n) is 8.84. The SMILES string of the molecule is CNc1nc(C)c(C2Cc3cc(OC)nc(C)c3O2)c(N[C@@H]2C[C@H](CO)[C@@H](C)[C@H]2C)n1. The number of aromatic nitrogens is 3. The van der Waals surface area contributed by atoms with Crippen molar-refractivity contribution >= 4 is 11.8 Å². The molecule has 3 heterocycles. The highest BCUT2D eigenvalue weighted by atomic mass is 16.5. The summed E-state index contributed by atoms with van der Waals surface area (Å²) in [6.07, 6.45) is 1.43. The first-order valence-corrected chi connectivity index (χ1v) is 11.0. The lowest BCUT2D eigenvalue weighted by atomic mass is 9.92. The van der Waals surface area contributed by atoms with Gasteiger partial charge in [0, 0.05) is 37.7 Å². The molecule has 2 aliphatic rings. The summed E-state index contributed by atoms with van der Waals surface area (Å²) >= 11 is 0. The number of nitrogens with zero attached hydrogens (tertiary/aromatic N) is 3. The van der Waals surface area contributed by atoms with Crippen molar-refractivity contribution < 1.29 is 14.6 Å². The molecule has 168 valence electrons. The Balaban J connectivity index is 1.68. The van der Waals surface area contributed by atoms with E-state index in [0.717, 1.165) is 40.5 Å². The van der Waals surface area contributed by atoms with Crippen molar-refractivity contribution in [2.75, 3.05) is 31.4 Å². The monoisotopic (exact) mass is 427 g/mol. The van der Waals surface area contributed by atoms with Crippen LogP contribution in [0.2, 0.25) is 0 Å². The lowest BCUT2D eigenvalue weighted by molar-refractivity contribution is 0.191. The minimum absolute atomic E-state index is 0.196. The van der Waals surface area contributed by atoms with Crippen molar-refractivity contribution in [3.63, 3.8) is 0 Å². The first-order chi connectivity index (χ1) is 14.9. The van der Waals surface area contributed by atoms with Crippen LogP contribution in [0.15, 0.2) is 6.07 Å². The van der Waals surface area contributed by atoms with Crippen molar-refractivity contribution in [1.29, 1.82) is 0 Å². The van der Waals surface area contributed by atoms with E-state index in [2.05, 4.69) is 34.4 Å². The van der Waals surface area contributed by atoms with Crippen LogP contribution in [-0.4, -0.2) is 46.9 Å². The summed E-state index contributed by atoms with van der Waals surface area (Å²) in [6.45, 7) is 8.62. The van der Waals surface area contributed by atoms with Gasteiger partial charge in [0.15, 0.2) is 0 Å². The van der Waals surface area contributed by atoms with E-state index < -0.39 is 0 Å². The summed E-state index contributed by atoms with van der Waals surface area (Å²) in [5, 5.41) is 16.5. The van der Waals surface area contributed by atoms with Crippen molar-refractivity contribution in [2.45, 2.75) is 52.7 Å². The number of fused-ring (bicyclic) bond motifs is 1. The quantitative estimate of drug-likeness (QED) is 0.646. The number of ether oxygens (including phenoxy) is 2. The Morgan fingerprint density at radius 1 is 1.16 bits per heavy atom. The lowest BCUT2D eigenvalue weighted by Crippen LogP contribution is -2.26. The highest BCUT2D eigenvalue weighted by Gasteiger charge is 2.39. The van der Waals surface area contributed by atoms with Crippen LogP contribution < -0.4 is 20.1 Å². The molecule has 0 amide bonds. The third-order valence-corrected chi connectivity index (χ3v) is 7.07. The Hall–Kier alpha value is -2.61. The molecular weight excluding hydrogens is 394 g/mol. The van der Waals surface area contributed by atoms with Gasteiger partial charge in [0.25, 0.3) is 0 Å². The van der Waals surface area contributed by atoms with Crippen LogP contribution in [0, 0.1) is 31.6 Å². The van der Waals surface area contributed by atoms with Crippen molar-refractivity contribution in [1.82, 2.24) is 15.0 Å². The molecule has 3 N–H and O–H groups in total. The first kappa shape index (κ1) is 21.6. The van der Waals surface area contributed by atoms with Gasteiger partial charge in [0.1, 0.15) is 17.7 Å². The lowest BCUT2D eigenvalue weighted by Gasteiger charge is -2.24. The molecule has 1 fully saturated rings. The van der Waals surface area contributed by atoms with E-state index in [1.165, 1.54) is 0 Å². The molecule has 1 unspecified atom stereocenters. The predicted molar refractivity (Wildman–Crippen MR) is 120 cm³/mol. The summed E-state index contributed by atoms with van der Waals surface area (Å²) in [7, 11) is 3.45. The average molecular weight is 428 g/mol. The smallest absolute Gasteiger partial charge is 0.224 e. The number of hydrogen-bond donors (Lipinski definition) is 3. The number of pyridine rings is 1. The number of aryl methyl sites for hydroxylation is 2. The molecule has 1 aliphatic carbocycles. The highest BCUT2D eigenvalue weighted by molar-refractivity contribution is 5.55. The Morgan fingerprint density at radius 3 is 2.58 bits per heavy atom. The van der Waals surface area contributed by atoms with E-state index in [0.29, 0.717) is 36.0 Å². The third-order valence-electron chi connectivity index (χ3n) is 7.07. The topological polar surface area (TPSA) is 101 Å². The fraction of sp³-hybridized carbons (Fsp3) is 0.609. The van der Waals surface area contributed by atoms with Crippen LogP contribution >= 0.6 is 0 Å².